The number of esters is 1. The van der Waals surface area contributed by atoms with Crippen LogP contribution in [0.1, 0.15) is 62.2 Å². The molecule has 2 aliphatic rings. The lowest BCUT2D eigenvalue weighted by Crippen LogP contribution is -2.46. The Hall–Kier alpha value is -2.87. The molecule has 1 unspecified atom stereocenters. The standard InChI is InChI=1S/C25H32N2O6/c1-15(2)7-17(9-23(30)32-3)25-24(31)21(28)10-19(33-25)14-26-11-16-8-18(13-26)20-5-4-6-22(29)27(20)12-16/h4-6,10,15-18,31H,7-9,11-14H2,1-3H3/t16-,17?,18+/m1/s1. The summed E-state index contributed by atoms with van der Waals surface area (Å²) >= 11 is 0. The summed E-state index contributed by atoms with van der Waals surface area (Å²) in [5, 5.41) is 10.5. The molecule has 0 aliphatic carbocycles. The predicted molar refractivity (Wildman–Crippen MR) is 122 cm³/mol. The first-order valence-corrected chi connectivity index (χ1v) is 11.6. The minimum atomic E-state index is -0.501. The van der Waals surface area contributed by atoms with Crippen molar-refractivity contribution < 1.29 is 19.1 Å². The number of hydrogen-bond donors (Lipinski definition) is 1. The predicted octanol–water partition coefficient (Wildman–Crippen LogP) is 2.82. The van der Waals surface area contributed by atoms with Gasteiger partial charge >= 0.3 is 5.97 Å². The minimum absolute atomic E-state index is 0.0357. The molecule has 1 fully saturated rings. The van der Waals surface area contributed by atoms with Gasteiger partial charge < -0.3 is 18.8 Å². The summed E-state index contributed by atoms with van der Waals surface area (Å²) in [5.41, 5.74) is 0.608. The van der Waals surface area contributed by atoms with Crippen LogP contribution < -0.4 is 11.0 Å². The minimum Gasteiger partial charge on any atom is -0.502 e. The number of piperidine rings is 1. The van der Waals surface area contributed by atoms with Gasteiger partial charge in [0.05, 0.1) is 20.1 Å². The molecule has 1 N–H and O–H groups in total. The molecule has 33 heavy (non-hydrogen) atoms. The normalized spacial score (nSPS) is 21.0. The lowest BCUT2D eigenvalue weighted by atomic mass is 9.83. The van der Waals surface area contributed by atoms with E-state index in [1.807, 2.05) is 30.5 Å². The smallest absolute Gasteiger partial charge is 0.306 e. The number of nitrogens with zero attached hydrogens (tertiary/aromatic N) is 2. The summed E-state index contributed by atoms with van der Waals surface area (Å²) in [6.45, 7) is 6.71. The number of likely N-dealkylation sites (tertiary alicyclic amines) is 1. The summed E-state index contributed by atoms with van der Waals surface area (Å²) in [6, 6.07) is 6.78. The van der Waals surface area contributed by atoms with Crippen LogP contribution in [0.5, 0.6) is 5.75 Å². The van der Waals surface area contributed by atoms with Crippen LogP contribution >= 0.6 is 0 Å². The highest BCUT2D eigenvalue weighted by Gasteiger charge is 2.35. The average Bonchev–Trinajstić information content (AvgIpc) is 2.76. The Labute approximate surface area is 192 Å². The van der Waals surface area contributed by atoms with E-state index in [0.717, 1.165) is 25.2 Å². The maximum atomic E-state index is 12.6. The molecule has 8 nitrogen and oxygen atoms in total. The van der Waals surface area contributed by atoms with Gasteiger partial charge in [0.15, 0.2) is 5.76 Å². The van der Waals surface area contributed by atoms with Crippen molar-refractivity contribution in [2.24, 2.45) is 11.8 Å². The number of carbonyl (C=O) groups excluding carboxylic acids is 1. The SMILES string of the molecule is COC(=O)CC(CC(C)C)c1oc(CN2C[C@H]3C[C@@H](C2)c2cccc(=O)n2C3)cc(=O)c1O. The highest BCUT2D eigenvalue weighted by atomic mass is 16.5. The second-order valence-corrected chi connectivity index (χ2v) is 9.79. The maximum Gasteiger partial charge on any atom is 0.306 e. The van der Waals surface area contributed by atoms with E-state index in [-0.39, 0.29) is 29.6 Å². The number of aromatic nitrogens is 1. The summed E-state index contributed by atoms with van der Waals surface area (Å²) in [4.78, 5) is 39.0. The van der Waals surface area contributed by atoms with Crippen molar-refractivity contribution in [3.8, 4) is 5.75 Å². The molecule has 1 saturated heterocycles. The second-order valence-electron chi connectivity index (χ2n) is 9.79. The van der Waals surface area contributed by atoms with Gasteiger partial charge in [-0.25, -0.2) is 0 Å². The van der Waals surface area contributed by atoms with Crippen molar-refractivity contribution in [2.45, 2.75) is 58.0 Å². The third kappa shape index (κ3) is 5.05. The molecule has 0 amide bonds. The number of aromatic hydroxyl groups is 1. The van der Waals surface area contributed by atoms with E-state index in [4.69, 9.17) is 9.15 Å². The zero-order chi connectivity index (χ0) is 23.7. The van der Waals surface area contributed by atoms with Crippen LogP contribution in [0.2, 0.25) is 0 Å². The van der Waals surface area contributed by atoms with Gasteiger partial charge in [0, 0.05) is 49.3 Å². The highest BCUT2D eigenvalue weighted by Crippen LogP contribution is 2.36. The fourth-order valence-corrected chi connectivity index (χ4v) is 5.39. The first kappa shape index (κ1) is 23.3. The Morgan fingerprint density at radius 2 is 2.03 bits per heavy atom. The van der Waals surface area contributed by atoms with E-state index in [9.17, 15) is 19.5 Å². The number of carbonyl (C=O) groups is 1. The van der Waals surface area contributed by atoms with E-state index in [2.05, 4.69) is 4.90 Å². The van der Waals surface area contributed by atoms with Crippen molar-refractivity contribution in [1.82, 2.24) is 9.47 Å². The molecule has 2 bridgehead atoms. The van der Waals surface area contributed by atoms with Crippen molar-refractivity contribution >= 4 is 5.97 Å². The monoisotopic (exact) mass is 456 g/mol. The van der Waals surface area contributed by atoms with Crippen LogP contribution in [0, 0.1) is 11.8 Å². The van der Waals surface area contributed by atoms with Gasteiger partial charge in [-0.3, -0.25) is 19.3 Å². The number of ether oxygens (including phenoxy) is 1. The molecule has 0 aromatic carbocycles. The molecule has 0 spiro atoms. The van der Waals surface area contributed by atoms with E-state index >= 15 is 0 Å². The second kappa shape index (κ2) is 9.55. The van der Waals surface area contributed by atoms with E-state index < -0.39 is 23.1 Å². The molecule has 0 radical (unpaired) electrons. The highest BCUT2D eigenvalue weighted by molar-refractivity contribution is 5.70. The first-order chi connectivity index (χ1) is 15.7. The molecule has 178 valence electrons. The third-order valence-corrected chi connectivity index (χ3v) is 6.70. The summed E-state index contributed by atoms with van der Waals surface area (Å²) in [6.07, 6.45) is 1.66. The molecular weight excluding hydrogens is 424 g/mol. The van der Waals surface area contributed by atoms with Gasteiger partial charge in [0.2, 0.25) is 11.2 Å². The van der Waals surface area contributed by atoms with Gasteiger partial charge in [0.25, 0.3) is 5.56 Å². The third-order valence-electron chi connectivity index (χ3n) is 6.70. The van der Waals surface area contributed by atoms with Crippen LogP contribution in [0.25, 0.3) is 0 Å². The Kier molecular flexibility index (Phi) is 6.74. The fourth-order valence-electron chi connectivity index (χ4n) is 5.39. The molecule has 2 aromatic rings. The molecule has 3 atom stereocenters. The number of rotatable bonds is 7. The summed E-state index contributed by atoms with van der Waals surface area (Å²) < 4.78 is 12.8. The van der Waals surface area contributed by atoms with E-state index in [0.29, 0.717) is 31.2 Å². The first-order valence-electron chi connectivity index (χ1n) is 11.6. The topological polar surface area (TPSA) is 102 Å². The van der Waals surface area contributed by atoms with E-state index in [1.165, 1.54) is 13.2 Å². The zero-order valence-corrected chi connectivity index (χ0v) is 19.5. The molecule has 4 rings (SSSR count). The Morgan fingerprint density at radius 1 is 1.24 bits per heavy atom. The van der Waals surface area contributed by atoms with Crippen LogP contribution in [0.4, 0.5) is 0 Å². The van der Waals surface area contributed by atoms with Gasteiger partial charge in [-0.05, 0) is 30.7 Å². The summed E-state index contributed by atoms with van der Waals surface area (Å²) in [7, 11) is 1.32. The zero-order valence-electron chi connectivity index (χ0n) is 19.5. The molecule has 8 heteroatoms. The molecule has 0 saturated carbocycles. The number of hydrogen-bond acceptors (Lipinski definition) is 7. The van der Waals surface area contributed by atoms with Crippen molar-refractivity contribution in [3.05, 3.63) is 62.1 Å². The molecule has 2 aromatic heterocycles. The molecule has 2 aliphatic heterocycles. The number of methoxy groups -OCH3 is 1. The Morgan fingerprint density at radius 3 is 2.76 bits per heavy atom. The maximum absolute atomic E-state index is 12.6. The van der Waals surface area contributed by atoms with Crippen LogP contribution in [-0.2, 0) is 22.6 Å². The fraction of sp³-hybridized carbons (Fsp3) is 0.560. The van der Waals surface area contributed by atoms with Crippen LogP contribution in [0.15, 0.2) is 38.3 Å². The summed E-state index contributed by atoms with van der Waals surface area (Å²) in [5.74, 6) is 0.184. The molecule has 4 heterocycles. The largest absolute Gasteiger partial charge is 0.502 e. The number of pyridine rings is 1. The van der Waals surface area contributed by atoms with Crippen LogP contribution in [-0.4, -0.2) is 40.7 Å². The van der Waals surface area contributed by atoms with Crippen molar-refractivity contribution in [3.63, 3.8) is 0 Å². The van der Waals surface area contributed by atoms with E-state index in [1.54, 1.807) is 6.07 Å². The average molecular weight is 457 g/mol. The lowest BCUT2D eigenvalue weighted by Gasteiger charge is -2.42. The quantitative estimate of drug-likeness (QED) is 0.639. The Balaban J connectivity index is 1.58. The Bertz CT molecular complexity index is 1130. The van der Waals surface area contributed by atoms with Gasteiger partial charge in [0.1, 0.15) is 5.76 Å². The van der Waals surface area contributed by atoms with Crippen molar-refractivity contribution in [1.29, 1.82) is 0 Å². The van der Waals surface area contributed by atoms with Gasteiger partial charge in [-0.1, -0.05) is 19.9 Å². The van der Waals surface area contributed by atoms with Gasteiger partial charge in [-0.15, -0.1) is 0 Å². The molecular formula is C25H32N2O6. The lowest BCUT2D eigenvalue weighted by molar-refractivity contribution is -0.141. The van der Waals surface area contributed by atoms with Crippen LogP contribution in [0.3, 0.4) is 0 Å². The van der Waals surface area contributed by atoms with Crippen molar-refractivity contribution in [2.75, 3.05) is 20.2 Å². The number of fused-ring (bicyclic) bond motifs is 4. The van der Waals surface area contributed by atoms with Gasteiger partial charge in [-0.2, -0.15) is 0 Å².